The highest BCUT2D eigenvalue weighted by Crippen LogP contribution is 2.38. The highest BCUT2D eigenvalue weighted by Gasteiger charge is 2.16. The molecule has 7 aromatic rings. The van der Waals surface area contributed by atoms with Gasteiger partial charge in [-0.3, -0.25) is 0 Å². The molecule has 0 aliphatic carbocycles. The van der Waals surface area contributed by atoms with E-state index in [0.29, 0.717) is 0 Å². The predicted molar refractivity (Wildman–Crippen MR) is 154 cm³/mol. The molecule has 1 aromatic heterocycles. The molecule has 1 heterocycles. The van der Waals surface area contributed by atoms with E-state index in [0.717, 1.165) is 21.5 Å². The molecule has 0 radical (unpaired) electrons. The summed E-state index contributed by atoms with van der Waals surface area (Å²) >= 11 is 6.78. The van der Waals surface area contributed by atoms with Crippen LogP contribution >= 0.6 is 11.6 Å². The van der Waals surface area contributed by atoms with E-state index in [9.17, 15) is 0 Å². The highest BCUT2D eigenvalue weighted by atomic mass is 35.5. The Balaban J connectivity index is 1.55. The Morgan fingerprint density at radius 1 is 0.417 bits per heavy atom. The lowest BCUT2D eigenvalue weighted by Gasteiger charge is -2.11. The van der Waals surface area contributed by atoms with Gasteiger partial charge in [0.05, 0.1) is 16.1 Å². The SMILES string of the molecule is Clc1cc(-n2c3ccc(-c4ccccc4)cc3c3cc(-c4ccccc4)ccc32)cc2ccccc12. The van der Waals surface area contributed by atoms with Crippen LogP contribution in [0, 0.1) is 0 Å². The van der Waals surface area contributed by atoms with Crippen LogP contribution in [0.25, 0.3) is 60.5 Å². The standard InChI is InChI=1S/C34H22ClN/c35-32-22-28(19-27-13-7-8-14-29(27)32)36-33-17-15-25(23-9-3-1-4-10-23)20-30(33)31-21-26(16-18-34(31)36)24-11-5-2-6-12-24/h1-22H. The zero-order valence-corrected chi connectivity index (χ0v) is 20.3. The molecule has 0 bridgehead atoms. The van der Waals surface area contributed by atoms with E-state index >= 15 is 0 Å². The van der Waals surface area contributed by atoms with E-state index < -0.39 is 0 Å². The second-order valence-corrected chi connectivity index (χ2v) is 9.59. The van der Waals surface area contributed by atoms with Crippen LogP contribution in [0.4, 0.5) is 0 Å². The summed E-state index contributed by atoms with van der Waals surface area (Å²) in [4.78, 5) is 0. The molecule has 0 spiro atoms. The number of nitrogens with zero attached hydrogens (tertiary/aromatic N) is 1. The van der Waals surface area contributed by atoms with Crippen molar-refractivity contribution in [1.29, 1.82) is 0 Å². The quantitative estimate of drug-likeness (QED) is 0.237. The predicted octanol–water partition coefficient (Wildman–Crippen LogP) is 9.92. The molecule has 0 saturated carbocycles. The van der Waals surface area contributed by atoms with Gasteiger partial charge in [0.15, 0.2) is 0 Å². The lowest BCUT2D eigenvalue weighted by molar-refractivity contribution is 1.19. The van der Waals surface area contributed by atoms with Crippen molar-refractivity contribution in [1.82, 2.24) is 4.57 Å². The van der Waals surface area contributed by atoms with E-state index in [4.69, 9.17) is 11.6 Å². The number of rotatable bonds is 3. The van der Waals surface area contributed by atoms with Gasteiger partial charge in [-0.15, -0.1) is 0 Å². The molecule has 7 rings (SSSR count). The normalized spacial score (nSPS) is 11.5. The van der Waals surface area contributed by atoms with Crippen LogP contribution in [0.5, 0.6) is 0 Å². The molecule has 0 fully saturated rings. The molecule has 0 aliphatic rings. The first kappa shape index (κ1) is 21.0. The summed E-state index contributed by atoms with van der Waals surface area (Å²) in [7, 11) is 0. The molecule has 0 N–H and O–H groups in total. The minimum absolute atomic E-state index is 0.764. The van der Waals surface area contributed by atoms with Crippen molar-refractivity contribution in [2.24, 2.45) is 0 Å². The van der Waals surface area contributed by atoms with Crippen LogP contribution in [0.1, 0.15) is 0 Å². The maximum absolute atomic E-state index is 6.78. The van der Waals surface area contributed by atoms with Gasteiger partial charge in [0, 0.05) is 21.8 Å². The van der Waals surface area contributed by atoms with Crippen molar-refractivity contribution >= 4 is 44.2 Å². The van der Waals surface area contributed by atoms with Crippen LogP contribution in [0.3, 0.4) is 0 Å². The second-order valence-electron chi connectivity index (χ2n) is 9.18. The van der Waals surface area contributed by atoms with Gasteiger partial charge in [-0.25, -0.2) is 0 Å². The Kier molecular flexibility index (Phi) is 4.90. The lowest BCUT2D eigenvalue weighted by atomic mass is 10.0. The summed E-state index contributed by atoms with van der Waals surface area (Å²) in [6.07, 6.45) is 0. The van der Waals surface area contributed by atoms with Crippen LogP contribution in [-0.2, 0) is 0 Å². The van der Waals surface area contributed by atoms with Gasteiger partial charge in [0.2, 0.25) is 0 Å². The molecule has 36 heavy (non-hydrogen) atoms. The summed E-state index contributed by atoms with van der Waals surface area (Å²) in [5, 5.41) is 5.43. The Bertz CT molecular complexity index is 1790. The van der Waals surface area contributed by atoms with E-state index in [2.05, 4.69) is 132 Å². The van der Waals surface area contributed by atoms with Crippen molar-refractivity contribution in [3.05, 3.63) is 138 Å². The maximum atomic E-state index is 6.78. The van der Waals surface area contributed by atoms with Crippen LogP contribution in [0.2, 0.25) is 5.02 Å². The smallest absolute Gasteiger partial charge is 0.0541 e. The second kappa shape index (κ2) is 8.41. The van der Waals surface area contributed by atoms with E-state index in [1.54, 1.807) is 0 Å². The van der Waals surface area contributed by atoms with Crippen molar-refractivity contribution in [2.45, 2.75) is 0 Å². The zero-order chi connectivity index (χ0) is 24.1. The summed E-state index contributed by atoms with van der Waals surface area (Å²) in [5.74, 6) is 0. The fourth-order valence-electron chi connectivity index (χ4n) is 5.30. The number of aromatic nitrogens is 1. The molecular weight excluding hydrogens is 458 g/mol. The van der Waals surface area contributed by atoms with Gasteiger partial charge >= 0.3 is 0 Å². The molecule has 1 nitrogen and oxygen atoms in total. The first-order valence-corrected chi connectivity index (χ1v) is 12.5. The lowest BCUT2D eigenvalue weighted by Crippen LogP contribution is -1.94. The fraction of sp³-hybridized carbons (Fsp3) is 0. The number of hydrogen-bond donors (Lipinski definition) is 0. The van der Waals surface area contributed by atoms with Gasteiger partial charge in [0.1, 0.15) is 0 Å². The number of hydrogen-bond acceptors (Lipinski definition) is 0. The third kappa shape index (κ3) is 3.40. The topological polar surface area (TPSA) is 4.93 Å². The van der Waals surface area contributed by atoms with Crippen LogP contribution in [0.15, 0.2) is 133 Å². The highest BCUT2D eigenvalue weighted by molar-refractivity contribution is 6.35. The molecule has 0 unspecified atom stereocenters. The van der Waals surface area contributed by atoms with Gasteiger partial charge in [-0.2, -0.15) is 0 Å². The van der Waals surface area contributed by atoms with Crippen molar-refractivity contribution < 1.29 is 0 Å². The van der Waals surface area contributed by atoms with Crippen LogP contribution in [-0.4, -0.2) is 4.57 Å². The number of halogens is 1. The summed E-state index contributed by atoms with van der Waals surface area (Å²) in [6, 6.07) is 47.3. The molecule has 0 aliphatic heterocycles. The van der Waals surface area contributed by atoms with Crippen molar-refractivity contribution in [3.63, 3.8) is 0 Å². The van der Waals surface area contributed by atoms with Gasteiger partial charge in [-0.05, 0) is 64.0 Å². The summed E-state index contributed by atoms with van der Waals surface area (Å²) < 4.78 is 2.34. The largest absolute Gasteiger partial charge is 0.309 e. The third-order valence-electron chi connectivity index (χ3n) is 7.03. The summed E-state index contributed by atoms with van der Waals surface area (Å²) in [6.45, 7) is 0. The first-order chi connectivity index (χ1) is 17.8. The van der Waals surface area contributed by atoms with E-state index in [1.165, 1.54) is 44.1 Å². The number of benzene rings is 6. The van der Waals surface area contributed by atoms with Crippen LogP contribution < -0.4 is 0 Å². The molecule has 0 amide bonds. The molecular formula is C34H22ClN. The molecule has 2 heteroatoms. The minimum Gasteiger partial charge on any atom is -0.309 e. The van der Waals surface area contributed by atoms with E-state index in [1.807, 2.05) is 6.07 Å². The molecule has 6 aromatic carbocycles. The average molecular weight is 480 g/mol. The first-order valence-electron chi connectivity index (χ1n) is 12.1. The average Bonchev–Trinajstić information content (AvgIpc) is 3.27. The Labute approximate surface area is 214 Å². The monoisotopic (exact) mass is 479 g/mol. The molecule has 0 saturated heterocycles. The maximum Gasteiger partial charge on any atom is 0.0541 e. The number of fused-ring (bicyclic) bond motifs is 4. The van der Waals surface area contributed by atoms with E-state index in [-0.39, 0.29) is 0 Å². The van der Waals surface area contributed by atoms with Gasteiger partial charge in [-0.1, -0.05) is 109 Å². The Morgan fingerprint density at radius 3 is 1.53 bits per heavy atom. The summed E-state index contributed by atoms with van der Waals surface area (Å²) in [5.41, 5.74) is 8.26. The minimum atomic E-state index is 0.764. The molecule has 170 valence electrons. The zero-order valence-electron chi connectivity index (χ0n) is 19.5. The Morgan fingerprint density at radius 2 is 0.944 bits per heavy atom. The fourth-order valence-corrected chi connectivity index (χ4v) is 5.58. The third-order valence-corrected chi connectivity index (χ3v) is 7.35. The van der Waals surface area contributed by atoms with Gasteiger partial charge in [0.25, 0.3) is 0 Å². The van der Waals surface area contributed by atoms with Crippen molar-refractivity contribution in [2.75, 3.05) is 0 Å². The Hall–Kier alpha value is -4.33. The molecule has 0 atom stereocenters. The van der Waals surface area contributed by atoms with Gasteiger partial charge < -0.3 is 4.57 Å². The van der Waals surface area contributed by atoms with Crippen molar-refractivity contribution in [3.8, 4) is 27.9 Å².